The number of fused-ring (bicyclic) bond motifs is 2. The maximum atomic E-state index is 13.9. The van der Waals surface area contributed by atoms with E-state index in [1.807, 2.05) is 6.92 Å². The molecule has 0 radical (unpaired) electrons. The fourth-order valence-corrected chi connectivity index (χ4v) is 4.64. The minimum atomic E-state index is -4.65. The van der Waals surface area contributed by atoms with Gasteiger partial charge in [-0.1, -0.05) is 6.07 Å². The van der Waals surface area contributed by atoms with Gasteiger partial charge >= 0.3 is 6.30 Å². The van der Waals surface area contributed by atoms with Crippen molar-refractivity contribution < 1.29 is 31.8 Å². The van der Waals surface area contributed by atoms with Crippen molar-refractivity contribution in [2.45, 2.75) is 31.4 Å². The van der Waals surface area contributed by atoms with Crippen LogP contribution < -0.4 is 14.8 Å². The Bertz CT molecular complexity index is 1200. The molecule has 3 heterocycles. The lowest BCUT2D eigenvalue weighted by Gasteiger charge is -2.44. The van der Waals surface area contributed by atoms with E-state index in [4.69, 9.17) is 14.2 Å². The monoisotopic (exact) mass is 480 g/mol. The molecule has 1 saturated heterocycles. The molecule has 11 heteroatoms. The Labute approximate surface area is 193 Å². The molecular formula is C23H24F4N4O3. The van der Waals surface area contributed by atoms with Crippen LogP contribution in [0.1, 0.15) is 18.5 Å². The number of aromatic nitrogens is 2. The lowest BCUT2D eigenvalue weighted by molar-refractivity contribution is -0.211. The summed E-state index contributed by atoms with van der Waals surface area (Å²) in [6.07, 6.45) is -3.68. The lowest BCUT2D eigenvalue weighted by atomic mass is 9.93. The third-order valence-electron chi connectivity index (χ3n) is 6.25. The van der Waals surface area contributed by atoms with Crippen molar-refractivity contribution in [3.8, 4) is 11.5 Å². The van der Waals surface area contributed by atoms with Gasteiger partial charge in [0, 0.05) is 54.1 Å². The number of rotatable bonds is 4. The highest BCUT2D eigenvalue weighted by atomic mass is 19.4. The van der Waals surface area contributed by atoms with E-state index in [0.29, 0.717) is 42.3 Å². The largest absolute Gasteiger partial charge is 0.504 e. The normalized spacial score (nSPS) is 23.4. The zero-order valence-electron chi connectivity index (χ0n) is 18.6. The first-order valence-corrected chi connectivity index (χ1v) is 10.9. The number of morpholine rings is 1. The van der Waals surface area contributed by atoms with Gasteiger partial charge in [-0.05, 0) is 13.0 Å². The number of nitrogens with one attached hydrogen (secondary N) is 1. The van der Waals surface area contributed by atoms with E-state index in [2.05, 4.69) is 15.3 Å². The van der Waals surface area contributed by atoms with Gasteiger partial charge in [0.15, 0.2) is 0 Å². The van der Waals surface area contributed by atoms with Crippen LogP contribution in [0.5, 0.6) is 11.5 Å². The summed E-state index contributed by atoms with van der Waals surface area (Å²) in [4.78, 5) is 2.23. The van der Waals surface area contributed by atoms with E-state index < -0.39 is 12.1 Å². The van der Waals surface area contributed by atoms with Crippen molar-refractivity contribution in [2.75, 3.05) is 38.7 Å². The number of hydrogen-bond acceptors (Lipinski definition) is 6. The van der Waals surface area contributed by atoms with Crippen LogP contribution in [0.2, 0.25) is 0 Å². The number of ether oxygens (including phenoxy) is 3. The Balaban J connectivity index is 1.59. The highest BCUT2D eigenvalue weighted by Crippen LogP contribution is 2.40. The van der Waals surface area contributed by atoms with Gasteiger partial charge in [-0.15, -0.1) is 13.2 Å². The summed E-state index contributed by atoms with van der Waals surface area (Å²) in [5, 5.41) is 7.40. The van der Waals surface area contributed by atoms with Gasteiger partial charge in [0.1, 0.15) is 23.9 Å². The molecule has 3 aromatic rings. The second-order valence-corrected chi connectivity index (χ2v) is 8.51. The standard InChI is InChI=1S/C23H24F4N4O3/c1-13-10-30(5-6-33-13)20-12-34-21-7-14(24)3-4-16(21)22(20)28-18-8-15(32-2)9-19-17(18)11-31(29-19)23(25,26)27/h3-4,7-9,11,13,20,22,28H,5-6,10,12H2,1-2H3/t13-,20+,22+/m1/s1. The lowest BCUT2D eigenvalue weighted by Crippen LogP contribution is -2.54. The molecule has 0 spiro atoms. The summed E-state index contributed by atoms with van der Waals surface area (Å²) >= 11 is 0. The van der Waals surface area contributed by atoms with Crippen LogP contribution in [0.4, 0.5) is 23.2 Å². The van der Waals surface area contributed by atoms with Crippen molar-refractivity contribution >= 4 is 16.6 Å². The van der Waals surface area contributed by atoms with Gasteiger partial charge in [0.25, 0.3) is 0 Å². The molecule has 34 heavy (non-hydrogen) atoms. The topological polar surface area (TPSA) is 60.8 Å². The van der Waals surface area contributed by atoms with E-state index in [1.54, 1.807) is 12.1 Å². The molecule has 1 N–H and O–H groups in total. The first-order valence-electron chi connectivity index (χ1n) is 10.9. The summed E-state index contributed by atoms with van der Waals surface area (Å²) in [6.45, 7) is 4.17. The second-order valence-electron chi connectivity index (χ2n) is 8.51. The first-order chi connectivity index (χ1) is 16.2. The van der Waals surface area contributed by atoms with Gasteiger partial charge in [-0.2, -0.15) is 9.78 Å². The fourth-order valence-electron chi connectivity index (χ4n) is 4.64. The molecule has 2 aromatic carbocycles. The highest BCUT2D eigenvalue weighted by Gasteiger charge is 2.38. The van der Waals surface area contributed by atoms with Crippen LogP contribution in [0, 0.1) is 5.82 Å². The molecule has 2 aliphatic heterocycles. The molecule has 0 saturated carbocycles. The number of anilines is 1. The van der Waals surface area contributed by atoms with Crippen molar-refractivity contribution in [3.63, 3.8) is 0 Å². The van der Waals surface area contributed by atoms with Crippen LogP contribution >= 0.6 is 0 Å². The van der Waals surface area contributed by atoms with Crippen LogP contribution in [0.3, 0.4) is 0 Å². The number of methoxy groups -OCH3 is 1. The fraction of sp³-hybridized carbons (Fsp3) is 0.435. The third kappa shape index (κ3) is 4.25. The van der Waals surface area contributed by atoms with Crippen molar-refractivity contribution in [1.29, 1.82) is 0 Å². The SMILES string of the molecule is COc1cc(N[C@H]2c3ccc(F)cc3OC[C@@H]2N2CCO[C@H](C)C2)c2cn(C(F)(F)F)nc2c1. The molecule has 182 valence electrons. The number of hydrogen-bond donors (Lipinski definition) is 1. The molecule has 0 aliphatic carbocycles. The summed E-state index contributed by atoms with van der Waals surface area (Å²) in [6, 6.07) is 6.87. The number of nitrogens with zero attached hydrogens (tertiary/aromatic N) is 3. The summed E-state index contributed by atoms with van der Waals surface area (Å²) in [5.41, 5.74) is 1.29. The Kier molecular flexibility index (Phi) is 5.76. The van der Waals surface area contributed by atoms with Crippen LogP contribution in [-0.4, -0.2) is 60.2 Å². The van der Waals surface area contributed by atoms with Crippen molar-refractivity contribution in [2.24, 2.45) is 0 Å². The Hall–Kier alpha value is -3.05. The van der Waals surface area contributed by atoms with E-state index in [9.17, 15) is 17.6 Å². The van der Waals surface area contributed by atoms with E-state index in [1.165, 1.54) is 25.3 Å². The molecule has 3 atom stereocenters. The third-order valence-corrected chi connectivity index (χ3v) is 6.25. The second kappa shape index (κ2) is 8.62. The number of benzene rings is 2. The highest BCUT2D eigenvalue weighted by molar-refractivity contribution is 5.93. The summed E-state index contributed by atoms with van der Waals surface area (Å²) in [7, 11) is 1.44. The molecule has 2 aliphatic rings. The smallest absolute Gasteiger partial charge is 0.497 e. The van der Waals surface area contributed by atoms with E-state index in [0.717, 1.165) is 11.8 Å². The molecule has 5 rings (SSSR count). The molecule has 0 bridgehead atoms. The first kappa shape index (κ1) is 22.7. The van der Waals surface area contributed by atoms with Crippen molar-refractivity contribution in [1.82, 2.24) is 14.7 Å². The number of alkyl halides is 3. The molecule has 1 aromatic heterocycles. The predicted octanol–water partition coefficient (Wildman–Crippen LogP) is 4.30. The van der Waals surface area contributed by atoms with Crippen LogP contribution in [-0.2, 0) is 11.0 Å². The molecule has 0 unspecified atom stereocenters. The average Bonchev–Trinajstić information content (AvgIpc) is 3.24. The van der Waals surface area contributed by atoms with Gasteiger partial charge in [0.2, 0.25) is 0 Å². The minimum absolute atomic E-state index is 0.0171. The molecular weight excluding hydrogens is 456 g/mol. The number of halogens is 4. The van der Waals surface area contributed by atoms with Gasteiger partial charge in [-0.3, -0.25) is 4.90 Å². The molecule has 7 nitrogen and oxygen atoms in total. The average molecular weight is 480 g/mol. The Morgan fingerprint density at radius 3 is 2.76 bits per heavy atom. The zero-order chi connectivity index (χ0) is 24.0. The van der Waals surface area contributed by atoms with Gasteiger partial charge < -0.3 is 19.5 Å². The van der Waals surface area contributed by atoms with Crippen LogP contribution in [0.25, 0.3) is 10.9 Å². The molecule has 1 fully saturated rings. The minimum Gasteiger partial charge on any atom is -0.497 e. The quantitative estimate of drug-likeness (QED) is 0.562. The van der Waals surface area contributed by atoms with Crippen LogP contribution in [0.15, 0.2) is 36.5 Å². The maximum absolute atomic E-state index is 13.9. The zero-order valence-corrected chi connectivity index (χ0v) is 18.6. The molecule has 0 amide bonds. The van der Waals surface area contributed by atoms with Crippen molar-refractivity contribution in [3.05, 3.63) is 47.9 Å². The maximum Gasteiger partial charge on any atom is 0.504 e. The predicted molar refractivity (Wildman–Crippen MR) is 117 cm³/mol. The summed E-state index contributed by atoms with van der Waals surface area (Å²) in [5.74, 6) is 0.344. The summed E-state index contributed by atoms with van der Waals surface area (Å²) < 4.78 is 70.8. The van der Waals surface area contributed by atoms with E-state index >= 15 is 0 Å². The van der Waals surface area contributed by atoms with Gasteiger partial charge in [-0.25, -0.2) is 4.39 Å². The Morgan fingerprint density at radius 2 is 2.03 bits per heavy atom. The van der Waals surface area contributed by atoms with Gasteiger partial charge in [0.05, 0.1) is 37.4 Å². The van der Waals surface area contributed by atoms with E-state index in [-0.39, 0.29) is 35.0 Å². The Morgan fingerprint density at radius 1 is 1.21 bits per heavy atom.